The molecular formula is C61H77N12NaO21S3. The smallest absolute Gasteiger partial charge is 0.691 e. The average molecular weight is 1430 g/mol. The summed E-state index contributed by atoms with van der Waals surface area (Å²) in [5, 5.41) is 121. The number of amides is 8. The van der Waals surface area contributed by atoms with Crippen molar-refractivity contribution in [2.45, 2.75) is 131 Å². The summed E-state index contributed by atoms with van der Waals surface area (Å²) in [6, 6.07) is 4.27. The molecule has 0 radical (unpaired) electrons. The van der Waals surface area contributed by atoms with Crippen molar-refractivity contribution < 1.29 is 132 Å². The van der Waals surface area contributed by atoms with E-state index in [-0.39, 0.29) is 53.0 Å². The summed E-state index contributed by atoms with van der Waals surface area (Å²) in [5.41, 5.74) is 6.97. The van der Waals surface area contributed by atoms with E-state index in [0.717, 1.165) is 85.1 Å². The second-order valence-corrected chi connectivity index (χ2v) is 26.7. The van der Waals surface area contributed by atoms with E-state index in [2.05, 4.69) is 40.9 Å². The molecule has 0 aliphatic carbocycles. The first kappa shape index (κ1) is 76.9. The van der Waals surface area contributed by atoms with Crippen LogP contribution in [0.1, 0.15) is 74.4 Å². The molecule has 0 saturated carbocycles. The fraction of sp³-hybridized carbons (Fsp3) is 0.508. The van der Waals surface area contributed by atoms with E-state index in [1.54, 1.807) is 22.8 Å². The fourth-order valence-electron chi connectivity index (χ4n) is 11.7. The van der Waals surface area contributed by atoms with Gasteiger partial charge >= 0.3 is 29.6 Å². The molecule has 14 unspecified atom stereocenters. The third-order valence-electron chi connectivity index (χ3n) is 17.0. The molecule has 4 saturated heterocycles. The van der Waals surface area contributed by atoms with Crippen LogP contribution in [-0.4, -0.2) is 248 Å². The Kier molecular flexibility index (Phi) is 27.8. The number of aliphatic hydroxyl groups excluding tert-OH is 7. The monoisotopic (exact) mass is 1430 g/mol. The molecule has 0 bridgehead atoms. The summed E-state index contributed by atoms with van der Waals surface area (Å²) in [6.07, 6.45) is -11.3. The minimum atomic E-state index is -2.54. The second-order valence-electron chi connectivity index (χ2n) is 24.1. The molecule has 4 fully saturated rings. The molecule has 526 valence electrons. The third kappa shape index (κ3) is 19.4. The number of phenols is 1. The number of aromatic nitrogens is 3. The SMILES string of the molecule is CC(O)C1NC(=O)C(NC(=O)c2ccc(-c3cn4nc(-c5ccc(OCCCCCN6CCSCC6)cc5)sc4n3)cc2)CC(O)CNC(=O)C2C(O)C(C)CN2C(=O)C(C(O)CC(N)=O)NC(=O)C(C(O)C(O)c2ccc(O)c(OSOO[O-])c2)NC(=O)C2CC(O)CN2C1=O.[Na+]. The largest absolute Gasteiger partial charge is 1.00 e. The molecule has 37 heteroatoms. The predicted octanol–water partition coefficient (Wildman–Crippen LogP) is -6.09. The van der Waals surface area contributed by atoms with Gasteiger partial charge in [-0.3, -0.25) is 43.4 Å². The summed E-state index contributed by atoms with van der Waals surface area (Å²) in [6.45, 7) is 4.73. The quantitative estimate of drug-likeness (QED) is 0.0101. The van der Waals surface area contributed by atoms with E-state index in [0.29, 0.717) is 27.8 Å². The molecular weight excluding hydrogens is 1360 g/mol. The maximum Gasteiger partial charge on any atom is 1.00 e. The van der Waals surface area contributed by atoms with Crippen LogP contribution in [0.25, 0.3) is 26.8 Å². The molecule has 15 N–H and O–H groups in total. The van der Waals surface area contributed by atoms with Gasteiger partial charge in [0.05, 0.1) is 55.4 Å². The molecule has 9 rings (SSSR count). The van der Waals surface area contributed by atoms with Crippen molar-refractivity contribution in [1.29, 1.82) is 0 Å². The number of rotatable bonds is 22. The summed E-state index contributed by atoms with van der Waals surface area (Å²) >= 11 is 3.28. The maximum atomic E-state index is 14.7. The van der Waals surface area contributed by atoms with Crippen molar-refractivity contribution >= 4 is 87.6 Å². The Labute approximate surface area is 595 Å². The number of carbonyl (C=O) groups is 8. The van der Waals surface area contributed by atoms with Crippen molar-refractivity contribution in [2.75, 3.05) is 57.4 Å². The van der Waals surface area contributed by atoms with Crippen molar-refractivity contribution in [3.8, 4) is 39.1 Å². The zero-order valence-corrected chi connectivity index (χ0v) is 57.9. The Morgan fingerprint density at radius 3 is 2.18 bits per heavy atom. The van der Waals surface area contributed by atoms with Crippen molar-refractivity contribution in [3.63, 3.8) is 0 Å². The number of benzene rings is 3. The predicted molar refractivity (Wildman–Crippen MR) is 343 cm³/mol. The van der Waals surface area contributed by atoms with Crippen LogP contribution >= 0.6 is 35.4 Å². The van der Waals surface area contributed by atoms with Crippen LogP contribution in [0.15, 0.2) is 72.9 Å². The maximum absolute atomic E-state index is 14.7. The molecule has 0 spiro atoms. The average Bonchev–Trinajstić information content (AvgIpc) is 1.56. The van der Waals surface area contributed by atoms with E-state index < -0.39 is 183 Å². The number of thioether (sulfide) groups is 1. The number of unbranched alkanes of at least 4 members (excludes halogenated alkanes) is 2. The first-order valence-electron chi connectivity index (χ1n) is 31.2. The van der Waals surface area contributed by atoms with Gasteiger partial charge in [-0.15, -0.1) is 4.33 Å². The van der Waals surface area contributed by atoms with Gasteiger partial charge in [-0.1, -0.05) is 36.5 Å². The molecule has 4 aliphatic heterocycles. The number of hydrogen-bond donors (Lipinski definition) is 14. The molecule has 8 amide bonds. The minimum Gasteiger partial charge on any atom is -0.691 e. The Morgan fingerprint density at radius 1 is 0.816 bits per heavy atom. The number of nitrogens with zero attached hydrogens (tertiary/aromatic N) is 6. The summed E-state index contributed by atoms with van der Waals surface area (Å²) in [7, 11) is 0. The van der Waals surface area contributed by atoms with Gasteiger partial charge in [0.15, 0.2) is 11.5 Å². The van der Waals surface area contributed by atoms with E-state index in [1.807, 2.05) is 36.0 Å². The molecule has 98 heavy (non-hydrogen) atoms. The van der Waals surface area contributed by atoms with Gasteiger partial charge in [0.1, 0.15) is 59.2 Å². The van der Waals surface area contributed by atoms with E-state index in [4.69, 9.17) is 24.7 Å². The van der Waals surface area contributed by atoms with Gasteiger partial charge in [0, 0.05) is 79.7 Å². The van der Waals surface area contributed by atoms with Crippen LogP contribution in [0.3, 0.4) is 0 Å². The minimum absolute atomic E-state index is 0. The zero-order chi connectivity index (χ0) is 69.8. The summed E-state index contributed by atoms with van der Waals surface area (Å²) in [4.78, 5) is 123. The zero-order valence-electron chi connectivity index (χ0n) is 53.5. The number of nitrogens with one attached hydrogen (secondary N) is 5. The van der Waals surface area contributed by atoms with Crippen molar-refractivity contribution in [1.82, 2.24) is 55.9 Å². The van der Waals surface area contributed by atoms with Crippen molar-refractivity contribution in [3.05, 3.63) is 84.1 Å². The second kappa shape index (κ2) is 35.5. The van der Waals surface area contributed by atoms with Gasteiger partial charge in [-0.2, -0.15) is 16.9 Å². The fourth-order valence-corrected chi connectivity index (χ4v) is 13.9. The van der Waals surface area contributed by atoms with Crippen LogP contribution in [0.5, 0.6) is 17.2 Å². The number of phenolic OH excluding ortho intramolecular Hbond substituents is 1. The molecule has 3 aromatic carbocycles. The number of imidazole rings is 1. The molecule has 14 atom stereocenters. The molecule has 4 aliphatic rings. The van der Waals surface area contributed by atoms with E-state index in [1.165, 1.54) is 41.9 Å². The van der Waals surface area contributed by atoms with E-state index >= 15 is 0 Å². The molecule has 6 heterocycles. The van der Waals surface area contributed by atoms with Gasteiger partial charge in [0.2, 0.25) is 46.3 Å². The number of fused-ring (bicyclic) bond motifs is 3. The molecule has 2 aromatic heterocycles. The topological polar surface area (TPSA) is 484 Å². The van der Waals surface area contributed by atoms with Gasteiger partial charge in [0.25, 0.3) is 18.2 Å². The van der Waals surface area contributed by atoms with Gasteiger partial charge in [-0.05, 0) is 86.8 Å². The van der Waals surface area contributed by atoms with Gasteiger partial charge in [-0.25, -0.2) is 9.50 Å². The first-order chi connectivity index (χ1) is 46.4. The molecule has 5 aromatic rings. The van der Waals surface area contributed by atoms with Gasteiger partial charge < -0.3 is 102 Å². The van der Waals surface area contributed by atoms with Crippen LogP contribution in [0.2, 0.25) is 0 Å². The Bertz CT molecular complexity index is 3560. The number of β-amino-alcohol motifs (C(OH)–C–C–N with tert-alkyl or cyclic N) is 1. The summed E-state index contributed by atoms with van der Waals surface area (Å²) in [5.74, 6) is -8.85. The van der Waals surface area contributed by atoms with Crippen LogP contribution in [0, 0.1) is 5.92 Å². The van der Waals surface area contributed by atoms with Crippen molar-refractivity contribution in [2.24, 2.45) is 11.7 Å². The molecule has 33 nitrogen and oxygen atoms in total. The number of aromatic hydroxyl groups is 1. The summed E-state index contributed by atoms with van der Waals surface area (Å²) < 4.78 is 16.7. The third-order valence-corrected chi connectivity index (χ3v) is 19.3. The normalized spacial score (nSPS) is 25.3. The number of hydrogen-bond acceptors (Lipinski definition) is 27. The Balaban J connectivity index is 0.0000122. The Hall–Kier alpha value is -6.82. The number of ether oxygens (including phenoxy) is 1. The number of primary amides is 1. The number of carbonyl (C=O) groups excluding carboxylic acids is 8. The number of nitrogens with two attached hydrogens (primary N) is 1. The van der Waals surface area contributed by atoms with Crippen LogP contribution < -0.4 is 76.1 Å². The Morgan fingerprint density at radius 2 is 1.50 bits per heavy atom. The standard InChI is InChI=1S/C61H78N12O21S3.Na/c1-30-27-72-49(50(30)80)57(87)63-26-36(75)23-39(64-53(83)33-8-6-32(7-9-33)40-29-73-61(65-40)96-58(69-73)34-10-13-38(14-11-34)91-19-5-3-4-16-70-17-20-95-21-18-70)54(84)66-46(31(2)74)59(88)71-28-37(76)24-41(71)55(85)68-48(56(86)67-47(60(72)89)43(78)25-45(62)79)52(82)51(81)35-12-15-42(77)44(22-35)92-97-94-93-90;/h6-15,22,29-31,36-37,39,41,43,46-52,74-78,80-82,90H,3-5,16-21,23-28H2,1-2H3,(H2,62,79)(H,63,87)(H,64,83)(H,66,84)(H,67,86)(H,68,85);/q;+1/p-1. The first-order valence-corrected chi connectivity index (χ1v) is 33.8. The number of aliphatic hydroxyl groups is 7. The van der Waals surface area contributed by atoms with E-state index in [9.17, 15) is 84.5 Å². The van der Waals surface area contributed by atoms with Crippen LogP contribution in [-0.2, 0) is 42.9 Å². The van der Waals surface area contributed by atoms with Crippen LogP contribution in [0.4, 0.5) is 0 Å².